The van der Waals surface area contributed by atoms with Gasteiger partial charge in [-0.3, -0.25) is 4.79 Å². The summed E-state index contributed by atoms with van der Waals surface area (Å²) in [5.41, 5.74) is 0. The van der Waals surface area contributed by atoms with Gasteiger partial charge in [0.15, 0.2) is 0 Å². The molecule has 0 spiro atoms. The van der Waals surface area contributed by atoms with Crippen molar-refractivity contribution in [3.63, 3.8) is 0 Å². The van der Waals surface area contributed by atoms with E-state index in [1.807, 2.05) is 13.8 Å². The molecule has 4 heteroatoms. The van der Waals surface area contributed by atoms with Crippen LogP contribution in [0.15, 0.2) is 0 Å². The zero-order chi connectivity index (χ0) is 11.3. The molecule has 1 fully saturated rings. The number of hydrogen-bond donors (Lipinski definition) is 3. The molecule has 1 aliphatic rings. The highest BCUT2D eigenvalue weighted by atomic mass is 16.3. The summed E-state index contributed by atoms with van der Waals surface area (Å²) in [6, 6.07) is 0.489. The summed E-state index contributed by atoms with van der Waals surface area (Å²) < 4.78 is 0. The van der Waals surface area contributed by atoms with E-state index in [0.29, 0.717) is 19.0 Å². The molecular weight excluding hydrogens is 192 g/mol. The Morgan fingerprint density at radius 3 is 2.80 bits per heavy atom. The molecule has 1 rings (SSSR count). The predicted octanol–water partition coefficient (Wildman–Crippen LogP) is 0.404. The minimum atomic E-state index is -0.234. The van der Waals surface area contributed by atoms with E-state index in [1.165, 1.54) is 0 Å². The first kappa shape index (κ1) is 12.5. The molecule has 0 bridgehead atoms. The first-order valence-corrected chi connectivity index (χ1v) is 5.78. The largest absolute Gasteiger partial charge is 0.393 e. The van der Waals surface area contributed by atoms with E-state index < -0.39 is 0 Å². The molecule has 0 saturated heterocycles. The van der Waals surface area contributed by atoms with Crippen molar-refractivity contribution < 1.29 is 9.90 Å². The van der Waals surface area contributed by atoms with Gasteiger partial charge in [-0.2, -0.15) is 0 Å². The Morgan fingerprint density at radius 1 is 1.47 bits per heavy atom. The molecule has 3 N–H and O–H groups in total. The predicted molar refractivity (Wildman–Crippen MR) is 59.5 cm³/mol. The van der Waals surface area contributed by atoms with Crippen LogP contribution in [0.25, 0.3) is 0 Å². The van der Waals surface area contributed by atoms with Crippen LogP contribution < -0.4 is 10.6 Å². The number of carbonyl (C=O) groups is 1. The van der Waals surface area contributed by atoms with Gasteiger partial charge in [-0.1, -0.05) is 13.8 Å². The van der Waals surface area contributed by atoms with Gasteiger partial charge in [-0.15, -0.1) is 0 Å². The lowest BCUT2D eigenvalue weighted by atomic mass is 9.93. The van der Waals surface area contributed by atoms with Gasteiger partial charge < -0.3 is 15.7 Å². The molecule has 4 nitrogen and oxygen atoms in total. The van der Waals surface area contributed by atoms with Gasteiger partial charge in [-0.05, 0) is 25.7 Å². The molecular formula is C11H22N2O2. The molecule has 0 aromatic rings. The molecule has 1 aliphatic carbocycles. The smallest absolute Gasteiger partial charge is 0.234 e. The number of rotatable bonds is 4. The number of hydrogen-bond acceptors (Lipinski definition) is 3. The molecule has 0 radical (unpaired) electrons. The van der Waals surface area contributed by atoms with Crippen molar-refractivity contribution in [3.8, 4) is 0 Å². The maximum Gasteiger partial charge on any atom is 0.234 e. The third kappa shape index (κ3) is 5.14. The minimum Gasteiger partial charge on any atom is -0.393 e. The third-order valence-electron chi connectivity index (χ3n) is 2.68. The lowest BCUT2D eigenvalue weighted by Crippen LogP contribution is -2.44. The van der Waals surface area contributed by atoms with Crippen LogP contribution in [-0.4, -0.2) is 35.7 Å². The van der Waals surface area contributed by atoms with Crippen molar-refractivity contribution >= 4 is 5.91 Å². The normalized spacial score (nSPS) is 26.7. The summed E-state index contributed by atoms with van der Waals surface area (Å²) in [7, 11) is 0. The van der Waals surface area contributed by atoms with Crippen LogP contribution in [0.3, 0.4) is 0 Å². The lowest BCUT2D eigenvalue weighted by molar-refractivity contribution is -0.121. The highest BCUT2D eigenvalue weighted by Gasteiger charge is 2.21. The SMILES string of the molecule is CC(C)NCC(=O)NC1CCCC(O)C1. The van der Waals surface area contributed by atoms with Gasteiger partial charge in [0.25, 0.3) is 0 Å². The van der Waals surface area contributed by atoms with Gasteiger partial charge >= 0.3 is 0 Å². The number of aliphatic hydroxyl groups excluding tert-OH is 1. The Kier molecular flexibility index (Phi) is 5.05. The number of aliphatic hydroxyl groups is 1. The fraction of sp³-hybridized carbons (Fsp3) is 0.909. The zero-order valence-corrected chi connectivity index (χ0v) is 9.62. The van der Waals surface area contributed by atoms with Crippen LogP contribution in [0.1, 0.15) is 39.5 Å². The molecule has 2 unspecified atom stereocenters. The van der Waals surface area contributed by atoms with E-state index in [1.54, 1.807) is 0 Å². The topological polar surface area (TPSA) is 61.4 Å². The second-order valence-corrected chi connectivity index (χ2v) is 4.62. The Hall–Kier alpha value is -0.610. The molecule has 0 heterocycles. The van der Waals surface area contributed by atoms with Crippen molar-refractivity contribution in [1.82, 2.24) is 10.6 Å². The van der Waals surface area contributed by atoms with Crippen LogP contribution in [-0.2, 0) is 4.79 Å². The molecule has 1 saturated carbocycles. The van der Waals surface area contributed by atoms with Gasteiger partial charge in [0, 0.05) is 12.1 Å². The highest BCUT2D eigenvalue weighted by molar-refractivity contribution is 5.78. The molecule has 0 aromatic carbocycles. The Bertz CT molecular complexity index is 207. The molecule has 1 amide bonds. The van der Waals surface area contributed by atoms with Gasteiger partial charge in [-0.25, -0.2) is 0 Å². The number of carbonyl (C=O) groups excluding carboxylic acids is 1. The van der Waals surface area contributed by atoms with Crippen LogP contribution in [0.2, 0.25) is 0 Å². The van der Waals surface area contributed by atoms with Crippen LogP contribution >= 0.6 is 0 Å². The van der Waals surface area contributed by atoms with E-state index in [4.69, 9.17) is 0 Å². The molecule has 15 heavy (non-hydrogen) atoms. The first-order chi connectivity index (χ1) is 7.08. The lowest BCUT2D eigenvalue weighted by Gasteiger charge is -2.26. The van der Waals surface area contributed by atoms with Gasteiger partial charge in [0.05, 0.1) is 12.6 Å². The molecule has 2 atom stereocenters. The maximum atomic E-state index is 11.5. The van der Waals surface area contributed by atoms with E-state index in [9.17, 15) is 9.90 Å². The summed E-state index contributed by atoms with van der Waals surface area (Å²) in [5, 5.41) is 15.5. The number of amides is 1. The second kappa shape index (κ2) is 6.08. The average molecular weight is 214 g/mol. The third-order valence-corrected chi connectivity index (χ3v) is 2.68. The summed E-state index contributed by atoms with van der Waals surface area (Å²) >= 11 is 0. The standard InChI is InChI=1S/C11H22N2O2/c1-8(2)12-7-11(15)13-9-4-3-5-10(14)6-9/h8-10,12,14H,3-7H2,1-2H3,(H,13,15). The van der Waals surface area contributed by atoms with Gasteiger partial charge in [0.1, 0.15) is 0 Å². The second-order valence-electron chi connectivity index (χ2n) is 4.62. The van der Waals surface area contributed by atoms with Crippen molar-refractivity contribution in [2.45, 2.75) is 57.7 Å². The first-order valence-electron chi connectivity index (χ1n) is 5.78. The minimum absolute atomic E-state index is 0.0304. The van der Waals surface area contributed by atoms with Crippen molar-refractivity contribution in [3.05, 3.63) is 0 Å². The van der Waals surface area contributed by atoms with E-state index in [2.05, 4.69) is 10.6 Å². The quantitative estimate of drug-likeness (QED) is 0.635. The summed E-state index contributed by atoms with van der Waals surface area (Å²) in [5.74, 6) is 0.0304. The number of nitrogens with one attached hydrogen (secondary N) is 2. The van der Waals surface area contributed by atoms with E-state index in [-0.39, 0.29) is 18.1 Å². The van der Waals surface area contributed by atoms with Crippen molar-refractivity contribution in [2.24, 2.45) is 0 Å². The zero-order valence-electron chi connectivity index (χ0n) is 9.62. The van der Waals surface area contributed by atoms with Crippen LogP contribution in [0, 0.1) is 0 Å². The van der Waals surface area contributed by atoms with E-state index in [0.717, 1.165) is 19.3 Å². The Balaban J connectivity index is 2.19. The Morgan fingerprint density at radius 2 is 2.20 bits per heavy atom. The van der Waals surface area contributed by atoms with Gasteiger partial charge in [0.2, 0.25) is 5.91 Å². The van der Waals surface area contributed by atoms with Crippen molar-refractivity contribution in [1.29, 1.82) is 0 Å². The van der Waals surface area contributed by atoms with Crippen molar-refractivity contribution in [2.75, 3.05) is 6.54 Å². The highest BCUT2D eigenvalue weighted by Crippen LogP contribution is 2.17. The average Bonchev–Trinajstić information content (AvgIpc) is 2.15. The molecule has 0 aromatic heterocycles. The fourth-order valence-corrected chi connectivity index (χ4v) is 1.87. The monoisotopic (exact) mass is 214 g/mol. The van der Waals surface area contributed by atoms with Crippen LogP contribution in [0.4, 0.5) is 0 Å². The fourth-order valence-electron chi connectivity index (χ4n) is 1.87. The summed E-state index contributed by atoms with van der Waals surface area (Å²) in [4.78, 5) is 11.5. The molecule has 88 valence electrons. The van der Waals surface area contributed by atoms with E-state index >= 15 is 0 Å². The Labute approximate surface area is 91.4 Å². The molecule has 0 aliphatic heterocycles. The summed E-state index contributed by atoms with van der Waals surface area (Å²) in [6.45, 7) is 4.39. The van der Waals surface area contributed by atoms with Crippen LogP contribution in [0.5, 0.6) is 0 Å². The summed E-state index contributed by atoms with van der Waals surface area (Å²) in [6.07, 6.45) is 3.33. The maximum absolute atomic E-state index is 11.5.